The van der Waals surface area contributed by atoms with Gasteiger partial charge in [0.1, 0.15) is 5.65 Å². The minimum absolute atomic E-state index is 0.0225. The minimum Gasteiger partial charge on any atom is -0.354 e. The van der Waals surface area contributed by atoms with Crippen molar-refractivity contribution >= 4 is 22.9 Å². The molecule has 144 valence electrons. The molecule has 1 saturated carbocycles. The summed E-state index contributed by atoms with van der Waals surface area (Å²) in [4.78, 5) is 36.1. The number of carbonyl (C=O) groups is 1. The van der Waals surface area contributed by atoms with E-state index in [0.29, 0.717) is 19.0 Å². The third-order valence-electron chi connectivity index (χ3n) is 5.64. The van der Waals surface area contributed by atoms with Crippen LogP contribution in [0.3, 0.4) is 0 Å². The van der Waals surface area contributed by atoms with Crippen LogP contribution < -0.4 is 15.8 Å². The normalized spacial score (nSPS) is 18.3. The van der Waals surface area contributed by atoms with Crippen molar-refractivity contribution < 1.29 is 4.79 Å². The lowest BCUT2D eigenvalue weighted by Crippen LogP contribution is -2.55. The molecule has 2 fully saturated rings. The summed E-state index contributed by atoms with van der Waals surface area (Å²) in [6, 6.07) is 2.07. The van der Waals surface area contributed by atoms with Gasteiger partial charge in [-0.2, -0.15) is 4.98 Å². The van der Waals surface area contributed by atoms with Crippen molar-refractivity contribution in [1.82, 2.24) is 19.9 Å². The van der Waals surface area contributed by atoms with Crippen LogP contribution in [0, 0.1) is 12.8 Å². The predicted octanol–water partition coefficient (Wildman–Crippen LogP) is 2.18. The second-order valence-corrected chi connectivity index (χ2v) is 8.15. The van der Waals surface area contributed by atoms with Gasteiger partial charge in [-0.1, -0.05) is 12.8 Å². The molecule has 0 spiro atoms. The summed E-state index contributed by atoms with van der Waals surface area (Å²) >= 11 is 0. The Balaban J connectivity index is 1.63. The summed E-state index contributed by atoms with van der Waals surface area (Å²) in [5, 5.41) is 3.89. The van der Waals surface area contributed by atoms with Gasteiger partial charge in [-0.05, 0) is 39.2 Å². The maximum Gasteiger partial charge on any atom is 0.252 e. The van der Waals surface area contributed by atoms with Gasteiger partial charge in [0.05, 0.1) is 5.92 Å². The van der Waals surface area contributed by atoms with Gasteiger partial charge in [0.2, 0.25) is 11.9 Å². The Morgan fingerprint density at radius 1 is 1.26 bits per heavy atom. The first-order chi connectivity index (χ1) is 12.9. The van der Waals surface area contributed by atoms with Gasteiger partial charge >= 0.3 is 0 Å². The van der Waals surface area contributed by atoms with Crippen LogP contribution in [0.15, 0.2) is 17.1 Å². The molecule has 2 aromatic rings. The number of hydrogen-bond donors (Lipinski definition) is 1. The summed E-state index contributed by atoms with van der Waals surface area (Å²) in [5.41, 5.74) is 1.66. The molecule has 4 rings (SSSR count). The van der Waals surface area contributed by atoms with Crippen LogP contribution in [0.2, 0.25) is 0 Å². The molecule has 3 heterocycles. The fraction of sp³-hybridized carbons (Fsp3) is 0.600. The fourth-order valence-corrected chi connectivity index (χ4v) is 4.14. The average Bonchev–Trinajstić information content (AvgIpc) is 3.06. The molecule has 1 saturated heterocycles. The van der Waals surface area contributed by atoms with Gasteiger partial charge in [0.15, 0.2) is 0 Å². The summed E-state index contributed by atoms with van der Waals surface area (Å²) in [5.74, 6) is 0.662. The van der Waals surface area contributed by atoms with Gasteiger partial charge in [-0.15, -0.1) is 0 Å². The van der Waals surface area contributed by atoms with E-state index in [-0.39, 0.29) is 29.5 Å². The molecular formula is C20H27N5O2. The van der Waals surface area contributed by atoms with Crippen LogP contribution in [0.5, 0.6) is 0 Å². The smallest absolute Gasteiger partial charge is 0.252 e. The largest absolute Gasteiger partial charge is 0.354 e. The predicted molar refractivity (Wildman–Crippen MR) is 105 cm³/mol. The fourth-order valence-electron chi connectivity index (χ4n) is 4.14. The summed E-state index contributed by atoms with van der Waals surface area (Å²) in [6.07, 6.45) is 6.18. The Hall–Kier alpha value is -2.44. The van der Waals surface area contributed by atoms with Crippen molar-refractivity contribution in [2.45, 2.75) is 58.5 Å². The molecular weight excluding hydrogens is 342 g/mol. The zero-order valence-corrected chi connectivity index (χ0v) is 16.2. The first-order valence-electron chi connectivity index (χ1n) is 9.88. The van der Waals surface area contributed by atoms with E-state index in [1.807, 2.05) is 36.4 Å². The first-order valence-corrected chi connectivity index (χ1v) is 9.88. The molecule has 1 aliphatic carbocycles. The number of fused-ring (bicyclic) bond motifs is 1. The third kappa shape index (κ3) is 3.31. The Morgan fingerprint density at radius 3 is 2.63 bits per heavy atom. The number of nitrogens with zero attached hydrogens (tertiary/aromatic N) is 4. The van der Waals surface area contributed by atoms with E-state index in [0.717, 1.165) is 42.3 Å². The maximum atomic E-state index is 12.7. The van der Waals surface area contributed by atoms with Gasteiger partial charge in [-0.25, -0.2) is 4.98 Å². The number of hydrogen-bond acceptors (Lipinski definition) is 5. The Labute approximate surface area is 158 Å². The van der Waals surface area contributed by atoms with Crippen molar-refractivity contribution in [2.75, 3.05) is 18.0 Å². The van der Waals surface area contributed by atoms with Crippen molar-refractivity contribution in [3.8, 4) is 0 Å². The number of nitrogens with one attached hydrogen (secondary N) is 1. The average molecular weight is 369 g/mol. The molecule has 0 atom stereocenters. The highest BCUT2D eigenvalue weighted by atomic mass is 16.2. The number of carbonyl (C=O) groups excluding carboxylic acids is 1. The maximum absolute atomic E-state index is 12.7. The topological polar surface area (TPSA) is 80.1 Å². The molecule has 1 aliphatic heterocycles. The first kappa shape index (κ1) is 17.9. The van der Waals surface area contributed by atoms with Crippen LogP contribution in [0.4, 0.5) is 5.95 Å². The SMILES string of the molecule is Cc1cc(=O)n(C2CCCC2)c2nc(N3CC(C(=O)NC(C)C)C3)ncc12. The number of pyridine rings is 1. The number of anilines is 1. The molecule has 7 heteroatoms. The standard InChI is InChI=1S/C20H27N5O2/c1-12(2)22-19(27)14-10-24(11-14)20-21-9-16-13(3)8-17(26)25(18(16)23-20)15-6-4-5-7-15/h8-9,12,14-15H,4-7,10-11H2,1-3H3,(H,22,27). The van der Waals surface area contributed by atoms with Gasteiger partial charge in [0.25, 0.3) is 5.56 Å². The van der Waals surface area contributed by atoms with Gasteiger partial charge < -0.3 is 10.2 Å². The molecule has 0 bridgehead atoms. The van der Waals surface area contributed by atoms with E-state index >= 15 is 0 Å². The molecule has 2 aromatic heterocycles. The Kier molecular flexibility index (Phi) is 4.61. The number of rotatable bonds is 4. The zero-order valence-electron chi connectivity index (χ0n) is 16.2. The second-order valence-electron chi connectivity index (χ2n) is 8.15. The van der Waals surface area contributed by atoms with Crippen LogP contribution in [-0.4, -0.2) is 39.6 Å². The van der Waals surface area contributed by atoms with E-state index in [1.165, 1.54) is 0 Å². The Morgan fingerprint density at radius 2 is 1.96 bits per heavy atom. The van der Waals surface area contributed by atoms with Crippen molar-refractivity contribution in [3.63, 3.8) is 0 Å². The molecule has 27 heavy (non-hydrogen) atoms. The highest BCUT2D eigenvalue weighted by Gasteiger charge is 2.34. The van der Waals surface area contributed by atoms with Crippen LogP contribution in [0.25, 0.3) is 11.0 Å². The monoisotopic (exact) mass is 369 g/mol. The summed E-state index contributed by atoms with van der Waals surface area (Å²) < 4.78 is 1.86. The van der Waals surface area contributed by atoms with E-state index < -0.39 is 0 Å². The summed E-state index contributed by atoms with van der Waals surface area (Å²) in [6.45, 7) is 7.09. The number of aromatic nitrogens is 3. The zero-order chi connectivity index (χ0) is 19.1. The highest BCUT2D eigenvalue weighted by Crippen LogP contribution is 2.31. The number of amides is 1. The van der Waals surface area contributed by atoms with Crippen LogP contribution in [-0.2, 0) is 4.79 Å². The van der Waals surface area contributed by atoms with Crippen LogP contribution in [0.1, 0.15) is 51.1 Å². The Bertz CT molecular complexity index is 924. The lowest BCUT2D eigenvalue weighted by atomic mass is 9.99. The van der Waals surface area contributed by atoms with E-state index in [2.05, 4.69) is 10.3 Å². The third-order valence-corrected chi connectivity index (χ3v) is 5.64. The van der Waals surface area contributed by atoms with Crippen LogP contribution >= 0.6 is 0 Å². The van der Waals surface area contributed by atoms with Crippen molar-refractivity contribution in [3.05, 3.63) is 28.2 Å². The lowest BCUT2D eigenvalue weighted by Gasteiger charge is -2.38. The lowest BCUT2D eigenvalue weighted by molar-refractivity contribution is -0.126. The van der Waals surface area contributed by atoms with Gasteiger partial charge in [-0.3, -0.25) is 14.2 Å². The molecule has 0 radical (unpaired) electrons. The highest BCUT2D eigenvalue weighted by molar-refractivity contribution is 5.82. The molecule has 1 N–H and O–H groups in total. The quantitative estimate of drug-likeness (QED) is 0.893. The van der Waals surface area contributed by atoms with Crippen molar-refractivity contribution in [1.29, 1.82) is 0 Å². The molecule has 7 nitrogen and oxygen atoms in total. The van der Waals surface area contributed by atoms with Crippen molar-refractivity contribution in [2.24, 2.45) is 5.92 Å². The molecule has 0 aromatic carbocycles. The van der Waals surface area contributed by atoms with E-state index in [4.69, 9.17) is 4.98 Å². The second kappa shape index (κ2) is 6.94. The molecule has 2 aliphatic rings. The molecule has 1 amide bonds. The van der Waals surface area contributed by atoms with E-state index in [1.54, 1.807) is 6.07 Å². The minimum atomic E-state index is -0.0266. The number of aryl methyl sites for hydroxylation is 1. The van der Waals surface area contributed by atoms with E-state index in [9.17, 15) is 9.59 Å². The summed E-state index contributed by atoms with van der Waals surface area (Å²) in [7, 11) is 0. The van der Waals surface area contributed by atoms with Gasteiger partial charge in [0, 0.05) is 42.8 Å². The molecule has 0 unspecified atom stereocenters.